The van der Waals surface area contributed by atoms with Crippen molar-refractivity contribution in [1.82, 2.24) is 0 Å². The molecule has 0 unspecified atom stereocenters. The summed E-state index contributed by atoms with van der Waals surface area (Å²) in [7, 11) is 3.03. The van der Waals surface area contributed by atoms with Gasteiger partial charge in [-0.1, -0.05) is 6.07 Å². The first kappa shape index (κ1) is 15.7. The van der Waals surface area contributed by atoms with Crippen LogP contribution in [-0.4, -0.2) is 20.1 Å². The molecule has 22 heavy (non-hydrogen) atoms. The molecular weight excluding hydrogens is 280 g/mol. The third-order valence-corrected chi connectivity index (χ3v) is 3.28. The highest BCUT2D eigenvalue weighted by molar-refractivity contribution is 6.08. The monoisotopic (exact) mass is 300 g/mol. The van der Waals surface area contributed by atoms with E-state index in [4.69, 9.17) is 15.2 Å². The number of anilines is 2. The number of benzene rings is 2. The number of methoxy groups -OCH3 is 2. The molecule has 0 aliphatic rings. The molecule has 0 aliphatic heterocycles. The van der Waals surface area contributed by atoms with Crippen molar-refractivity contribution in [3.8, 4) is 11.5 Å². The predicted molar refractivity (Wildman–Crippen MR) is 87.8 cm³/mol. The van der Waals surface area contributed by atoms with Gasteiger partial charge >= 0.3 is 0 Å². The summed E-state index contributed by atoms with van der Waals surface area (Å²) >= 11 is 0. The normalized spacial score (nSPS) is 10.2. The highest BCUT2D eigenvalue weighted by Gasteiger charge is 2.15. The van der Waals surface area contributed by atoms with Crippen LogP contribution in [0.5, 0.6) is 11.5 Å². The van der Waals surface area contributed by atoms with Gasteiger partial charge < -0.3 is 20.5 Å². The number of hydrogen-bond acceptors (Lipinski definition) is 4. The summed E-state index contributed by atoms with van der Waals surface area (Å²) in [5, 5.41) is 2.85. The van der Waals surface area contributed by atoms with Crippen LogP contribution in [0.1, 0.15) is 21.5 Å². The third kappa shape index (κ3) is 3.31. The van der Waals surface area contributed by atoms with Crippen molar-refractivity contribution < 1.29 is 14.3 Å². The zero-order valence-electron chi connectivity index (χ0n) is 13.2. The smallest absolute Gasteiger partial charge is 0.257 e. The maximum absolute atomic E-state index is 12.4. The van der Waals surface area contributed by atoms with Gasteiger partial charge in [-0.05, 0) is 43.2 Å². The van der Waals surface area contributed by atoms with E-state index < -0.39 is 0 Å². The van der Waals surface area contributed by atoms with Crippen molar-refractivity contribution in [2.75, 3.05) is 25.3 Å². The molecule has 0 radical (unpaired) electrons. The molecule has 0 heterocycles. The molecule has 0 aliphatic carbocycles. The zero-order valence-corrected chi connectivity index (χ0v) is 13.2. The van der Waals surface area contributed by atoms with Gasteiger partial charge in [0.2, 0.25) is 0 Å². The van der Waals surface area contributed by atoms with Crippen molar-refractivity contribution in [2.24, 2.45) is 0 Å². The summed E-state index contributed by atoms with van der Waals surface area (Å²) in [5.74, 6) is 0.661. The minimum atomic E-state index is -0.288. The van der Waals surface area contributed by atoms with Crippen LogP contribution in [0.25, 0.3) is 0 Å². The number of hydrogen-bond donors (Lipinski definition) is 2. The Balaban J connectivity index is 2.33. The van der Waals surface area contributed by atoms with Gasteiger partial charge in [-0.25, -0.2) is 0 Å². The third-order valence-electron chi connectivity index (χ3n) is 3.28. The fourth-order valence-electron chi connectivity index (χ4n) is 2.34. The number of aryl methyl sites for hydroxylation is 2. The molecule has 5 nitrogen and oxygen atoms in total. The Morgan fingerprint density at radius 2 is 1.50 bits per heavy atom. The van der Waals surface area contributed by atoms with Crippen LogP contribution >= 0.6 is 0 Å². The van der Waals surface area contributed by atoms with Crippen molar-refractivity contribution in [3.05, 3.63) is 47.0 Å². The number of nitrogens with two attached hydrogens (primary N) is 1. The molecule has 0 bridgehead atoms. The van der Waals surface area contributed by atoms with Gasteiger partial charge in [0.25, 0.3) is 5.91 Å². The Labute approximate surface area is 130 Å². The van der Waals surface area contributed by atoms with Crippen molar-refractivity contribution in [3.63, 3.8) is 0 Å². The predicted octanol–water partition coefficient (Wildman–Crippen LogP) is 3.16. The molecule has 0 saturated heterocycles. The lowest BCUT2D eigenvalue weighted by molar-refractivity contribution is 0.102. The lowest BCUT2D eigenvalue weighted by Crippen LogP contribution is -2.14. The average Bonchev–Trinajstić information content (AvgIpc) is 2.45. The second-order valence-electron chi connectivity index (χ2n) is 5.12. The van der Waals surface area contributed by atoms with Crippen LogP contribution in [0.15, 0.2) is 30.3 Å². The molecule has 0 aromatic heterocycles. The Hall–Kier alpha value is -2.69. The minimum absolute atomic E-state index is 0.288. The molecular formula is C17H20N2O3. The molecule has 3 N–H and O–H groups in total. The summed E-state index contributed by atoms with van der Waals surface area (Å²) in [6.45, 7) is 3.96. The van der Waals surface area contributed by atoms with Gasteiger partial charge in [-0.2, -0.15) is 0 Å². The van der Waals surface area contributed by atoms with E-state index in [-0.39, 0.29) is 5.91 Å². The Morgan fingerprint density at radius 1 is 0.955 bits per heavy atom. The Kier molecular flexibility index (Phi) is 4.56. The van der Waals surface area contributed by atoms with E-state index in [1.165, 1.54) is 14.2 Å². The minimum Gasteiger partial charge on any atom is -0.493 e. The summed E-state index contributed by atoms with van der Waals surface area (Å²) in [6.07, 6.45) is 0. The molecule has 5 heteroatoms. The number of carbonyl (C=O) groups excluding carboxylic acids is 1. The van der Waals surface area contributed by atoms with E-state index >= 15 is 0 Å². The molecule has 0 spiro atoms. The van der Waals surface area contributed by atoms with Gasteiger partial charge in [-0.15, -0.1) is 0 Å². The van der Waals surface area contributed by atoms with Crippen molar-refractivity contribution in [2.45, 2.75) is 13.8 Å². The van der Waals surface area contributed by atoms with Gasteiger partial charge in [0, 0.05) is 17.4 Å². The molecule has 116 valence electrons. The fourth-order valence-corrected chi connectivity index (χ4v) is 2.34. The second kappa shape index (κ2) is 6.39. The summed E-state index contributed by atoms with van der Waals surface area (Å²) in [4.78, 5) is 12.4. The zero-order chi connectivity index (χ0) is 16.3. The van der Waals surface area contributed by atoms with Crippen LogP contribution in [0.4, 0.5) is 11.4 Å². The van der Waals surface area contributed by atoms with Crippen LogP contribution in [0.2, 0.25) is 0 Å². The first-order chi connectivity index (χ1) is 10.4. The maximum Gasteiger partial charge on any atom is 0.257 e. The summed E-state index contributed by atoms with van der Waals surface area (Å²) < 4.78 is 10.4. The quantitative estimate of drug-likeness (QED) is 0.851. The number of nitrogens with one attached hydrogen (secondary N) is 1. The molecule has 0 saturated carbocycles. The van der Waals surface area contributed by atoms with Crippen molar-refractivity contribution in [1.29, 1.82) is 0 Å². The molecule has 2 aromatic carbocycles. The van der Waals surface area contributed by atoms with Crippen molar-refractivity contribution >= 4 is 17.3 Å². The van der Waals surface area contributed by atoms with Crippen LogP contribution in [-0.2, 0) is 0 Å². The van der Waals surface area contributed by atoms with E-state index in [1.54, 1.807) is 12.1 Å². The molecule has 1 amide bonds. The number of nitrogen functional groups attached to an aromatic ring is 1. The molecule has 2 aromatic rings. The first-order valence-electron chi connectivity index (χ1n) is 6.85. The SMILES string of the molecule is COc1cc(N)c(C(=O)Nc2cc(C)cc(C)c2)cc1OC. The maximum atomic E-state index is 12.4. The van der Waals surface area contributed by atoms with Crippen LogP contribution in [0.3, 0.4) is 0 Å². The lowest BCUT2D eigenvalue weighted by Gasteiger charge is -2.13. The van der Waals surface area contributed by atoms with E-state index in [0.717, 1.165) is 16.8 Å². The van der Waals surface area contributed by atoms with E-state index in [9.17, 15) is 4.79 Å². The molecule has 0 fully saturated rings. The standard InChI is InChI=1S/C17H20N2O3/c1-10-5-11(2)7-12(6-10)19-17(20)13-8-15(21-3)16(22-4)9-14(13)18/h5-9H,18H2,1-4H3,(H,19,20). The highest BCUT2D eigenvalue weighted by atomic mass is 16.5. The van der Waals surface area contributed by atoms with E-state index in [0.29, 0.717) is 22.7 Å². The number of rotatable bonds is 4. The molecule has 0 atom stereocenters. The number of amides is 1. The lowest BCUT2D eigenvalue weighted by atomic mass is 10.1. The Bertz CT molecular complexity index is 691. The van der Waals surface area contributed by atoms with Crippen LogP contribution < -0.4 is 20.5 Å². The van der Waals surface area contributed by atoms with E-state index in [1.807, 2.05) is 32.0 Å². The largest absolute Gasteiger partial charge is 0.493 e. The first-order valence-corrected chi connectivity index (χ1v) is 6.85. The summed E-state index contributed by atoms with van der Waals surface area (Å²) in [5.41, 5.74) is 9.51. The average molecular weight is 300 g/mol. The van der Waals surface area contributed by atoms with Gasteiger partial charge in [-0.3, -0.25) is 4.79 Å². The summed E-state index contributed by atoms with van der Waals surface area (Å²) in [6, 6.07) is 9.01. The number of carbonyl (C=O) groups is 1. The second-order valence-corrected chi connectivity index (χ2v) is 5.12. The fraction of sp³-hybridized carbons (Fsp3) is 0.235. The highest BCUT2D eigenvalue weighted by Crippen LogP contribution is 2.32. The van der Waals surface area contributed by atoms with Crippen LogP contribution in [0, 0.1) is 13.8 Å². The van der Waals surface area contributed by atoms with Gasteiger partial charge in [0.15, 0.2) is 11.5 Å². The number of ether oxygens (including phenoxy) is 2. The van der Waals surface area contributed by atoms with E-state index in [2.05, 4.69) is 5.32 Å². The molecule has 2 rings (SSSR count). The van der Waals surface area contributed by atoms with Gasteiger partial charge in [0.05, 0.1) is 19.8 Å². The van der Waals surface area contributed by atoms with Gasteiger partial charge in [0.1, 0.15) is 0 Å². The topological polar surface area (TPSA) is 73.6 Å². The Morgan fingerprint density at radius 3 is 2.05 bits per heavy atom.